The molecule has 0 unspecified atom stereocenters. The third-order valence-electron chi connectivity index (χ3n) is 6.96. The summed E-state index contributed by atoms with van der Waals surface area (Å²) < 4.78 is 3.69. The van der Waals surface area contributed by atoms with E-state index in [1.54, 1.807) is 4.68 Å². The van der Waals surface area contributed by atoms with Crippen molar-refractivity contribution in [1.29, 1.82) is 0 Å². The number of para-hydroxylation sites is 1. The molecule has 3 aromatic heterocycles. The molecule has 0 aliphatic rings. The molecule has 0 atom stereocenters. The van der Waals surface area contributed by atoms with Gasteiger partial charge in [0, 0.05) is 57.9 Å². The second-order valence-corrected chi connectivity index (χ2v) is 9.75. The van der Waals surface area contributed by atoms with Gasteiger partial charge in [-0.25, -0.2) is 4.68 Å². The highest BCUT2D eigenvalue weighted by Gasteiger charge is 2.19. The van der Waals surface area contributed by atoms with Crippen molar-refractivity contribution >= 4 is 0 Å². The standard InChI is InChI=1S/C32H34N6O/c1-25-31(32(39)38(36(25)2)30-12-4-3-5-13-30)24-37(23-29-11-7-9-19-35-29)22-27-16-14-26(15-17-27)20-33-21-28-10-6-8-18-34-28/h3-19,33H,20-24H2,1-2H3. The van der Waals surface area contributed by atoms with Crippen molar-refractivity contribution in [3.63, 3.8) is 0 Å². The molecule has 5 aromatic rings. The van der Waals surface area contributed by atoms with Crippen molar-refractivity contribution in [1.82, 2.24) is 29.5 Å². The third-order valence-corrected chi connectivity index (χ3v) is 6.96. The molecular weight excluding hydrogens is 484 g/mol. The molecule has 2 aromatic carbocycles. The first kappa shape index (κ1) is 26.3. The highest BCUT2D eigenvalue weighted by atomic mass is 16.1. The molecule has 0 spiro atoms. The highest BCUT2D eigenvalue weighted by Crippen LogP contribution is 2.17. The zero-order valence-electron chi connectivity index (χ0n) is 22.5. The van der Waals surface area contributed by atoms with Gasteiger partial charge in [0.25, 0.3) is 5.56 Å². The van der Waals surface area contributed by atoms with Crippen LogP contribution in [0.15, 0.2) is 108 Å². The van der Waals surface area contributed by atoms with E-state index in [1.165, 1.54) is 11.1 Å². The van der Waals surface area contributed by atoms with Crippen molar-refractivity contribution in [2.75, 3.05) is 0 Å². The number of benzene rings is 2. The summed E-state index contributed by atoms with van der Waals surface area (Å²) in [5, 5.41) is 3.46. The van der Waals surface area contributed by atoms with E-state index in [9.17, 15) is 4.79 Å². The zero-order chi connectivity index (χ0) is 27.0. The van der Waals surface area contributed by atoms with Crippen LogP contribution in [0.2, 0.25) is 0 Å². The van der Waals surface area contributed by atoms with Crippen LogP contribution in [0.5, 0.6) is 0 Å². The largest absolute Gasteiger partial charge is 0.307 e. The first-order chi connectivity index (χ1) is 19.1. The van der Waals surface area contributed by atoms with Gasteiger partial charge in [0.2, 0.25) is 0 Å². The Balaban J connectivity index is 1.32. The lowest BCUT2D eigenvalue weighted by molar-refractivity contribution is 0.243. The average Bonchev–Trinajstić information content (AvgIpc) is 3.18. The topological polar surface area (TPSA) is 68.0 Å². The smallest absolute Gasteiger partial charge is 0.276 e. The number of pyridine rings is 2. The van der Waals surface area contributed by atoms with E-state index in [0.29, 0.717) is 19.6 Å². The van der Waals surface area contributed by atoms with Crippen molar-refractivity contribution in [2.45, 2.75) is 39.6 Å². The lowest BCUT2D eigenvalue weighted by Crippen LogP contribution is -2.27. The van der Waals surface area contributed by atoms with Crippen molar-refractivity contribution in [3.05, 3.63) is 148 Å². The number of hydrogen-bond acceptors (Lipinski definition) is 5. The van der Waals surface area contributed by atoms with E-state index in [1.807, 2.05) is 97.8 Å². The Morgan fingerprint density at radius 2 is 1.36 bits per heavy atom. The van der Waals surface area contributed by atoms with Gasteiger partial charge in [0.05, 0.1) is 22.6 Å². The van der Waals surface area contributed by atoms with Crippen molar-refractivity contribution in [3.8, 4) is 5.69 Å². The molecule has 0 aliphatic carbocycles. The molecule has 0 bridgehead atoms. The fourth-order valence-electron chi connectivity index (χ4n) is 4.78. The maximum atomic E-state index is 13.6. The molecule has 0 amide bonds. The summed E-state index contributed by atoms with van der Waals surface area (Å²) in [4.78, 5) is 24.8. The summed E-state index contributed by atoms with van der Waals surface area (Å²) in [5.41, 5.74) is 7.06. The number of nitrogens with zero attached hydrogens (tertiary/aromatic N) is 5. The van der Waals surface area contributed by atoms with Crippen LogP contribution in [0.4, 0.5) is 0 Å². The summed E-state index contributed by atoms with van der Waals surface area (Å²) in [6.07, 6.45) is 3.63. The molecule has 1 N–H and O–H groups in total. The number of nitrogens with one attached hydrogen (secondary N) is 1. The normalized spacial score (nSPS) is 11.3. The van der Waals surface area contributed by atoms with Gasteiger partial charge >= 0.3 is 0 Å². The van der Waals surface area contributed by atoms with Crippen LogP contribution in [0, 0.1) is 6.92 Å². The summed E-state index contributed by atoms with van der Waals surface area (Å²) >= 11 is 0. The Hall–Kier alpha value is -4.33. The highest BCUT2D eigenvalue weighted by molar-refractivity contribution is 5.33. The van der Waals surface area contributed by atoms with Gasteiger partial charge in [0.1, 0.15) is 0 Å². The quantitative estimate of drug-likeness (QED) is 0.273. The average molecular weight is 519 g/mol. The van der Waals surface area contributed by atoms with Gasteiger partial charge in [0.15, 0.2) is 0 Å². The Morgan fingerprint density at radius 1 is 0.718 bits per heavy atom. The lowest BCUT2D eigenvalue weighted by atomic mass is 10.1. The van der Waals surface area contributed by atoms with E-state index in [-0.39, 0.29) is 5.56 Å². The van der Waals surface area contributed by atoms with E-state index in [4.69, 9.17) is 0 Å². The molecule has 0 saturated carbocycles. The number of hydrogen-bond donors (Lipinski definition) is 1. The van der Waals surface area contributed by atoms with Gasteiger partial charge in [-0.1, -0.05) is 54.6 Å². The molecule has 0 radical (unpaired) electrons. The summed E-state index contributed by atoms with van der Waals surface area (Å²) in [7, 11) is 1.94. The molecule has 0 fully saturated rings. The van der Waals surface area contributed by atoms with Crippen LogP contribution >= 0.6 is 0 Å². The first-order valence-electron chi connectivity index (χ1n) is 13.2. The predicted molar refractivity (Wildman–Crippen MR) is 154 cm³/mol. The SMILES string of the molecule is Cc1c(CN(Cc2ccc(CNCc3ccccn3)cc2)Cc2ccccn2)c(=O)n(-c2ccccc2)n1C. The summed E-state index contributed by atoms with van der Waals surface area (Å²) in [6, 6.07) is 30.4. The molecule has 7 heteroatoms. The molecule has 7 nitrogen and oxygen atoms in total. The lowest BCUT2D eigenvalue weighted by Gasteiger charge is -2.22. The first-order valence-corrected chi connectivity index (χ1v) is 13.2. The Bertz CT molecular complexity index is 1530. The minimum atomic E-state index is 0.0153. The zero-order valence-corrected chi connectivity index (χ0v) is 22.5. The fraction of sp³-hybridized carbons (Fsp3) is 0.219. The van der Waals surface area contributed by atoms with Crippen LogP contribution in [0.3, 0.4) is 0 Å². The fourth-order valence-corrected chi connectivity index (χ4v) is 4.78. The molecule has 198 valence electrons. The molecule has 0 aliphatic heterocycles. The second-order valence-electron chi connectivity index (χ2n) is 9.75. The molecule has 3 heterocycles. The molecule has 39 heavy (non-hydrogen) atoms. The molecule has 5 rings (SSSR count). The van der Waals surface area contributed by atoms with Crippen LogP contribution < -0.4 is 10.9 Å². The van der Waals surface area contributed by atoms with Crippen LogP contribution in [0.25, 0.3) is 5.69 Å². The van der Waals surface area contributed by atoms with Gasteiger partial charge in [-0.2, -0.15) is 0 Å². The van der Waals surface area contributed by atoms with Gasteiger partial charge < -0.3 is 5.32 Å². The van der Waals surface area contributed by atoms with E-state index >= 15 is 0 Å². The monoisotopic (exact) mass is 518 g/mol. The Labute approximate surface area is 229 Å². The van der Waals surface area contributed by atoms with Crippen molar-refractivity contribution < 1.29 is 0 Å². The third kappa shape index (κ3) is 6.57. The molecule has 0 saturated heterocycles. The second kappa shape index (κ2) is 12.5. The number of aromatic nitrogens is 4. The van der Waals surface area contributed by atoms with Crippen LogP contribution in [0.1, 0.15) is 33.8 Å². The summed E-state index contributed by atoms with van der Waals surface area (Å²) in [5.74, 6) is 0. The van der Waals surface area contributed by atoms with Gasteiger partial charge in [-0.3, -0.25) is 24.3 Å². The van der Waals surface area contributed by atoms with Gasteiger partial charge in [-0.05, 0) is 54.4 Å². The Morgan fingerprint density at radius 3 is 2.03 bits per heavy atom. The summed E-state index contributed by atoms with van der Waals surface area (Å²) in [6.45, 7) is 5.41. The molecular formula is C32H34N6O. The van der Waals surface area contributed by atoms with Gasteiger partial charge in [-0.15, -0.1) is 0 Å². The number of rotatable bonds is 11. The predicted octanol–water partition coefficient (Wildman–Crippen LogP) is 4.77. The Kier molecular flexibility index (Phi) is 8.41. The van der Waals surface area contributed by atoms with E-state index < -0.39 is 0 Å². The minimum absolute atomic E-state index is 0.0153. The van der Waals surface area contributed by atoms with E-state index in [2.05, 4.69) is 44.5 Å². The van der Waals surface area contributed by atoms with Crippen LogP contribution in [-0.4, -0.2) is 24.2 Å². The van der Waals surface area contributed by atoms with Crippen LogP contribution in [-0.2, 0) is 39.8 Å². The maximum absolute atomic E-state index is 13.6. The minimum Gasteiger partial charge on any atom is -0.307 e. The van der Waals surface area contributed by atoms with E-state index in [0.717, 1.165) is 41.4 Å². The van der Waals surface area contributed by atoms with Crippen molar-refractivity contribution in [2.24, 2.45) is 7.05 Å². The maximum Gasteiger partial charge on any atom is 0.276 e.